The molecule has 1 heterocycles. The summed E-state index contributed by atoms with van der Waals surface area (Å²) in [4.78, 5) is 14.2. The fourth-order valence-electron chi connectivity index (χ4n) is 2.52. The zero-order valence-corrected chi connectivity index (χ0v) is 11.3. The minimum absolute atomic E-state index is 0.236. The molecule has 0 saturated carbocycles. The average Bonchev–Trinajstić information content (AvgIpc) is 2.82. The summed E-state index contributed by atoms with van der Waals surface area (Å²) < 4.78 is 0. The second-order valence-electron chi connectivity index (χ2n) is 5.34. The van der Waals surface area contributed by atoms with Gasteiger partial charge in [-0.15, -0.1) is 0 Å². The Bertz CT molecular complexity index is 442. The average molecular weight is 246 g/mol. The summed E-state index contributed by atoms with van der Waals surface area (Å²) in [7, 11) is 0. The Labute approximate surface area is 109 Å². The van der Waals surface area contributed by atoms with Crippen molar-refractivity contribution >= 4 is 5.91 Å². The number of hydrogen-bond donors (Lipinski definition) is 1. The molecule has 0 spiro atoms. The van der Waals surface area contributed by atoms with E-state index in [4.69, 9.17) is 5.73 Å². The molecule has 98 valence electrons. The van der Waals surface area contributed by atoms with Gasteiger partial charge in [-0.25, -0.2) is 0 Å². The lowest BCUT2D eigenvalue weighted by atomic mass is 10.0. The van der Waals surface area contributed by atoms with Crippen molar-refractivity contribution in [3.8, 4) is 0 Å². The van der Waals surface area contributed by atoms with Gasteiger partial charge >= 0.3 is 0 Å². The van der Waals surface area contributed by atoms with Crippen LogP contribution in [0.15, 0.2) is 18.2 Å². The normalized spacial score (nSPS) is 19.3. The first-order valence-electron chi connectivity index (χ1n) is 6.64. The monoisotopic (exact) mass is 246 g/mol. The summed E-state index contributed by atoms with van der Waals surface area (Å²) in [6.45, 7) is 6.52. The molecule has 3 nitrogen and oxygen atoms in total. The van der Waals surface area contributed by atoms with Crippen LogP contribution >= 0.6 is 0 Å². The van der Waals surface area contributed by atoms with E-state index in [0.29, 0.717) is 18.9 Å². The van der Waals surface area contributed by atoms with E-state index >= 15 is 0 Å². The van der Waals surface area contributed by atoms with Crippen molar-refractivity contribution in [2.75, 3.05) is 19.6 Å². The number of hydrogen-bond acceptors (Lipinski definition) is 2. The number of benzene rings is 1. The molecule has 1 fully saturated rings. The van der Waals surface area contributed by atoms with Gasteiger partial charge in [0.25, 0.3) is 0 Å². The lowest BCUT2D eigenvalue weighted by Gasteiger charge is -2.17. The molecule has 1 amide bonds. The van der Waals surface area contributed by atoms with Crippen LogP contribution in [0.3, 0.4) is 0 Å². The highest BCUT2D eigenvalue weighted by molar-refractivity contribution is 5.79. The van der Waals surface area contributed by atoms with Crippen LogP contribution < -0.4 is 5.73 Å². The Morgan fingerprint density at radius 2 is 2.22 bits per heavy atom. The first-order chi connectivity index (χ1) is 8.60. The van der Waals surface area contributed by atoms with E-state index in [1.807, 2.05) is 4.90 Å². The molecule has 1 atom stereocenters. The van der Waals surface area contributed by atoms with Crippen molar-refractivity contribution in [1.82, 2.24) is 4.90 Å². The van der Waals surface area contributed by atoms with Crippen molar-refractivity contribution in [2.45, 2.75) is 26.7 Å². The number of nitrogens with two attached hydrogens (primary N) is 1. The highest BCUT2D eigenvalue weighted by Gasteiger charge is 2.25. The number of aryl methyl sites for hydroxylation is 2. The van der Waals surface area contributed by atoms with E-state index in [9.17, 15) is 4.79 Å². The molecule has 1 aliphatic heterocycles. The van der Waals surface area contributed by atoms with Crippen LogP contribution in [0.25, 0.3) is 0 Å². The van der Waals surface area contributed by atoms with Gasteiger partial charge in [0, 0.05) is 13.1 Å². The largest absolute Gasteiger partial charge is 0.342 e. The van der Waals surface area contributed by atoms with Gasteiger partial charge in [-0.1, -0.05) is 23.8 Å². The van der Waals surface area contributed by atoms with Crippen LogP contribution in [0.2, 0.25) is 0 Å². The highest BCUT2D eigenvalue weighted by Crippen LogP contribution is 2.18. The summed E-state index contributed by atoms with van der Waals surface area (Å²) >= 11 is 0. The van der Waals surface area contributed by atoms with E-state index in [1.165, 1.54) is 11.1 Å². The van der Waals surface area contributed by atoms with Gasteiger partial charge in [-0.2, -0.15) is 0 Å². The predicted octanol–water partition coefficient (Wildman–Crippen LogP) is 1.65. The van der Waals surface area contributed by atoms with Crippen molar-refractivity contribution in [3.63, 3.8) is 0 Å². The quantitative estimate of drug-likeness (QED) is 0.881. The molecule has 1 saturated heterocycles. The molecule has 0 aromatic heterocycles. The topological polar surface area (TPSA) is 46.3 Å². The number of likely N-dealkylation sites (tertiary alicyclic amines) is 1. The second kappa shape index (κ2) is 5.53. The fourth-order valence-corrected chi connectivity index (χ4v) is 2.52. The SMILES string of the molecule is Cc1ccc(C)c(CC(=O)N2CC[C@H](CN)C2)c1. The Hall–Kier alpha value is -1.35. The summed E-state index contributed by atoms with van der Waals surface area (Å²) in [6.07, 6.45) is 1.57. The number of carbonyl (C=O) groups excluding carboxylic acids is 1. The third kappa shape index (κ3) is 2.91. The Morgan fingerprint density at radius 1 is 1.44 bits per heavy atom. The van der Waals surface area contributed by atoms with Gasteiger partial charge < -0.3 is 10.6 Å². The van der Waals surface area contributed by atoms with Crippen molar-refractivity contribution in [2.24, 2.45) is 11.7 Å². The third-order valence-corrected chi connectivity index (χ3v) is 3.82. The highest BCUT2D eigenvalue weighted by atomic mass is 16.2. The molecule has 1 aliphatic rings. The summed E-state index contributed by atoms with van der Waals surface area (Å²) in [5.74, 6) is 0.729. The minimum Gasteiger partial charge on any atom is -0.342 e. The molecular formula is C15H22N2O. The lowest BCUT2D eigenvalue weighted by Crippen LogP contribution is -2.31. The zero-order chi connectivity index (χ0) is 13.1. The van der Waals surface area contributed by atoms with Crippen LogP contribution in [-0.2, 0) is 11.2 Å². The zero-order valence-electron chi connectivity index (χ0n) is 11.3. The van der Waals surface area contributed by atoms with Crippen molar-refractivity contribution in [1.29, 1.82) is 0 Å². The molecule has 18 heavy (non-hydrogen) atoms. The molecule has 0 radical (unpaired) electrons. The first-order valence-corrected chi connectivity index (χ1v) is 6.64. The van der Waals surface area contributed by atoms with E-state index in [2.05, 4.69) is 32.0 Å². The first kappa shape index (κ1) is 13.1. The van der Waals surface area contributed by atoms with Crippen LogP contribution in [0.5, 0.6) is 0 Å². The Kier molecular flexibility index (Phi) is 4.02. The summed E-state index contributed by atoms with van der Waals surface area (Å²) in [5, 5.41) is 0. The molecule has 0 aliphatic carbocycles. The van der Waals surface area contributed by atoms with Gasteiger partial charge in [-0.05, 0) is 43.9 Å². The van der Waals surface area contributed by atoms with E-state index in [1.54, 1.807) is 0 Å². The summed E-state index contributed by atoms with van der Waals surface area (Å²) in [5.41, 5.74) is 9.21. The number of amides is 1. The smallest absolute Gasteiger partial charge is 0.227 e. The minimum atomic E-state index is 0.236. The molecular weight excluding hydrogens is 224 g/mol. The molecule has 3 heteroatoms. The van der Waals surface area contributed by atoms with Crippen molar-refractivity contribution in [3.05, 3.63) is 34.9 Å². The maximum absolute atomic E-state index is 12.2. The van der Waals surface area contributed by atoms with Crippen molar-refractivity contribution < 1.29 is 4.79 Å². The van der Waals surface area contributed by atoms with Gasteiger partial charge in [-0.3, -0.25) is 4.79 Å². The number of rotatable bonds is 3. The summed E-state index contributed by atoms with van der Waals surface area (Å²) in [6, 6.07) is 6.29. The van der Waals surface area contributed by atoms with E-state index in [-0.39, 0.29) is 5.91 Å². The van der Waals surface area contributed by atoms with E-state index in [0.717, 1.165) is 25.1 Å². The van der Waals surface area contributed by atoms with Crippen LogP contribution in [0.4, 0.5) is 0 Å². The van der Waals surface area contributed by atoms with E-state index < -0.39 is 0 Å². The van der Waals surface area contributed by atoms with Gasteiger partial charge in [0.15, 0.2) is 0 Å². The Morgan fingerprint density at radius 3 is 2.89 bits per heavy atom. The van der Waals surface area contributed by atoms with Gasteiger partial charge in [0.05, 0.1) is 6.42 Å². The standard InChI is InChI=1S/C15H22N2O/c1-11-3-4-12(2)14(7-11)8-15(18)17-6-5-13(9-16)10-17/h3-4,7,13H,5-6,8-10,16H2,1-2H3/t13-/m1/s1. The third-order valence-electron chi connectivity index (χ3n) is 3.82. The molecule has 2 N–H and O–H groups in total. The molecule has 0 bridgehead atoms. The van der Waals surface area contributed by atoms with Gasteiger partial charge in [0.1, 0.15) is 0 Å². The van der Waals surface area contributed by atoms with Crippen LogP contribution in [0, 0.1) is 19.8 Å². The lowest BCUT2D eigenvalue weighted by molar-refractivity contribution is -0.129. The predicted molar refractivity (Wildman–Crippen MR) is 73.4 cm³/mol. The number of carbonyl (C=O) groups is 1. The maximum Gasteiger partial charge on any atom is 0.227 e. The molecule has 0 unspecified atom stereocenters. The van der Waals surface area contributed by atoms with Crippen LogP contribution in [0.1, 0.15) is 23.1 Å². The fraction of sp³-hybridized carbons (Fsp3) is 0.533. The second-order valence-corrected chi connectivity index (χ2v) is 5.34. The Balaban J connectivity index is 2.01. The number of nitrogens with zero attached hydrogens (tertiary/aromatic N) is 1. The molecule has 1 aromatic rings. The molecule has 1 aromatic carbocycles. The molecule has 2 rings (SSSR count). The van der Waals surface area contributed by atoms with Gasteiger partial charge in [0.2, 0.25) is 5.91 Å². The maximum atomic E-state index is 12.2. The van der Waals surface area contributed by atoms with Crippen LogP contribution in [-0.4, -0.2) is 30.4 Å².